The van der Waals surface area contributed by atoms with Crippen LogP contribution in [-0.2, 0) is 11.3 Å². The molecule has 2 aromatic rings. The minimum atomic E-state index is -0.548. The van der Waals surface area contributed by atoms with E-state index in [0.717, 1.165) is 16.7 Å². The number of nitrogens with zero attached hydrogens (tertiary/aromatic N) is 2. The molecule has 0 aliphatic carbocycles. The predicted molar refractivity (Wildman–Crippen MR) is 112 cm³/mol. The van der Waals surface area contributed by atoms with Gasteiger partial charge in [0.25, 0.3) is 16.8 Å². The van der Waals surface area contributed by atoms with Crippen LogP contribution >= 0.6 is 27.7 Å². The maximum atomic E-state index is 12.7. The van der Waals surface area contributed by atoms with Gasteiger partial charge in [-0.15, -0.1) is 0 Å². The molecule has 1 fully saturated rings. The van der Waals surface area contributed by atoms with E-state index < -0.39 is 16.1 Å². The van der Waals surface area contributed by atoms with Crippen LogP contribution in [0.5, 0.6) is 11.5 Å². The summed E-state index contributed by atoms with van der Waals surface area (Å²) in [6.45, 7) is 1.92. The maximum Gasteiger partial charge on any atom is 0.293 e. The van der Waals surface area contributed by atoms with Crippen molar-refractivity contribution < 1.29 is 24.4 Å². The number of halogens is 1. The zero-order valence-corrected chi connectivity index (χ0v) is 17.5. The number of hydrogen-bond donors (Lipinski definition) is 1. The first-order chi connectivity index (χ1) is 13.8. The number of nitro groups is 1. The number of nitro benzene ring substituents is 1. The van der Waals surface area contributed by atoms with Gasteiger partial charge in [0, 0.05) is 11.6 Å². The second-order valence-electron chi connectivity index (χ2n) is 5.94. The first-order valence-electron chi connectivity index (χ1n) is 8.44. The van der Waals surface area contributed by atoms with E-state index >= 15 is 0 Å². The van der Waals surface area contributed by atoms with Gasteiger partial charge in [-0.25, -0.2) is 0 Å². The number of amides is 2. The first kappa shape index (κ1) is 20.9. The molecule has 0 saturated carbocycles. The van der Waals surface area contributed by atoms with Crippen LogP contribution in [0.1, 0.15) is 18.1 Å². The van der Waals surface area contributed by atoms with Crippen molar-refractivity contribution in [1.29, 1.82) is 0 Å². The zero-order valence-electron chi connectivity index (χ0n) is 15.1. The van der Waals surface area contributed by atoms with Crippen molar-refractivity contribution in [1.82, 2.24) is 4.90 Å². The first-order valence-corrected chi connectivity index (χ1v) is 10.1. The molecular weight excluding hydrogens is 464 g/mol. The van der Waals surface area contributed by atoms with Gasteiger partial charge in [-0.3, -0.25) is 24.6 Å². The van der Waals surface area contributed by atoms with Crippen LogP contribution in [0.25, 0.3) is 6.08 Å². The van der Waals surface area contributed by atoms with Crippen molar-refractivity contribution in [2.75, 3.05) is 6.61 Å². The molecule has 0 atom stereocenters. The smallest absolute Gasteiger partial charge is 0.293 e. The number of rotatable bonds is 6. The van der Waals surface area contributed by atoms with E-state index in [4.69, 9.17) is 4.74 Å². The summed E-state index contributed by atoms with van der Waals surface area (Å²) < 4.78 is 5.75. The van der Waals surface area contributed by atoms with Gasteiger partial charge >= 0.3 is 0 Å². The molecular formula is C19H15BrN2O6S. The number of phenolic OH excluding ortho intramolecular Hbond substituents is 1. The molecule has 29 heavy (non-hydrogen) atoms. The highest BCUT2D eigenvalue weighted by Crippen LogP contribution is 2.39. The van der Waals surface area contributed by atoms with Gasteiger partial charge in [0.05, 0.1) is 27.5 Å². The fourth-order valence-electron chi connectivity index (χ4n) is 2.72. The lowest BCUT2D eigenvalue weighted by atomic mass is 10.1. The standard InChI is InChI=1S/C19H15BrN2O6S/c1-2-28-15-8-11(7-13(20)17(15)23)9-16-18(24)21(19(25)29-16)10-12-5-3-4-6-14(12)22(26)27/h3-9,23H,2,10H2,1H3/b16-9+. The normalized spacial score (nSPS) is 15.2. The highest BCUT2D eigenvalue weighted by atomic mass is 79.9. The van der Waals surface area contributed by atoms with Gasteiger partial charge in [0.1, 0.15) is 0 Å². The minimum absolute atomic E-state index is 0.0616. The fraction of sp³-hybridized carbons (Fsp3) is 0.158. The Hall–Kier alpha value is -2.85. The highest BCUT2D eigenvalue weighted by Gasteiger charge is 2.36. The summed E-state index contributed by atoms with van der Waals surface area (Å²) in [4.78, 5) is 36.8. The number of ether oxygens (including phenoxy) is 1. The summed E-state index contributed by atoms with van der Waals surface area (Å²) in [5, 5.41) is 20.7. The third kappa shape index (κ3) is 4.43. The third-order valence-electron chi connectivity index (χ3n) is 4.04. The number of phenols is 1. The Kier molecular flexibility index (Phi) is 6.23. The average molecular weight is 479 g/mol. The molecule has 8 nitrogen and oxygen atoms in total. The quantitative estimate of drug-likeness (QED) is 0.363. The van der Waals surface area contributed by atoms with Crippen LogP contribution < -0.4 is 4.74 Å². The van der Waals surface area contributed by atoms with E-state index in [1.54, 1.807) is 25.1 Å². The van der Waals surface area contributed by atoms with Crippen molar-refractivity contribution in [3.8, 4) is 11.5 Å². The van der Waals surface area contributed by atoms with Crippen LogP contribution in [0.3, 0.4) is 0 Å². The Balaban J connectivity index is 1.89. The van der Waals surface area contributed by atoms with Crippen LogP contribution in [0.4, 0.5) is 10.5 Å². The molecule has 0 unspecified atom stereocenters. The molecule has 1 aliphatic rings. The lowest BCUT2D eigenvalue weighted by Crippen LogP contribution is -2.27. The summed E-state index contributed by atoms with van der Waals surface area (Å²) in [6, 6.07) is 9.12. The van der Waals surface area contributed by atoms with Crippen molar-refractivity contribution >= 4 is 50.6 Å². The number of hydrogen-bond acceptors (Lipinski definition) is 7. The Morgan fingerprint density at radius 3 is 2.72 bits per heavy atom. The van der Waals surface area contributed by atoms with E-state index in [1.807, 2.05) is 0 Å². The summed E-state index contributed by atoms with van der Waals surface area (Å²) in [5.41, 5.74) is 0.667. The molecule has 1 aliphatic heterocycles. The number of benzene rings is 2. The van der Waals surface area contributed by atoms with E-state index in [9.17, 15) is 24.8 Å². The molecule has 0 radical (unpaired) electrons. The number of thioether (sulfide) groups is 1. The Morgan fingerprint density at radius 1 is 1.31 bits per heavy atom. The monoisotopic (exact) mass is 478 g/mol. The topological polar surface area (TPSA) is 110 Å². The molecule has 10 heteroatoms. The Morgan fingerprint density at radius 2 is 2.03 bits per heavy atom. The predicted octanol–water partition coefficient (Wildman–Crippen LogP) is 4.70. The highest BCUT2D eigenvalue weighted by molar-refractivity contribution is 9.10. The zero-order chi connectivity index (χ0) is 21.1. The van der Waals surface area contributed by atoms with Gasteiger partial charge in [0.15, 0.2) is 11.5 Å². The molecule has 0 aromatic heterocycles. The summed E-state index contributed by atoms with van der Waals surface area (Å²) >= 11 is 3.98. The third-order valence-corrected chi connectivity index (χ3v) is 5.55. The van der Waals surface area contributed by atoms with E-state index in [2.05, 4.69) is 15.9 Å². The van der Waals surface area contributed by atoms with E-state index in [1.165, 1.54) is 24.3 Å². The van der Waals surface area contributed by atoms with Crippen LogP contribution in [-0.4, -0.2) is 32.7 Å². The number of para-hydroxylation sites is 1. The summed E-state index contributed by atoms with van der Waals surface area (Å²) in [6.07, 6.45) is 1.51. The van der Waals surface area contributed by atoms with Crippen molar-refractivity contribution in [3.63, 3.8) is 0 Å². The largest absolute Gasteiger partial charge is 0.503 e. The van der Waals surface area contributed by atoms with E-state index in [0.29, 0.717) is 16.6 Å². The molecule has 0 spiro atoms. The maximum absolute atomic E-state index is 12.7. The van der Waals surface area contributed by atoms with Crippen molar-refractivity contribution in [3.05, 3.63) is 67.0 Å². The summed E-state index contributed by atoms with van der Waals surface area (Å²) in [5.74, 6) is -0.360. The van der Waals surface area contributed by atoms with Gasteiger partial charge in [-0.2, -0.15) is 0 Å². The Labute approximate surface area is 178 Å². The number of imide groups is 1. The van der Waals surface area contributed by atoms with Crippen LogP contribution in [0.15, 0.2) is 45.8 Å². The van der Waals surface area contributed by atoms with E-state index in [-0.39, 0.29) is 34.2 Å². The average Bonchev–Trinajstić information content (AvgIpc) is 2.93. The molecule has 2 amide bonds. The van der Waals surface area contributed by atoms with Crippen molar-refractivity contribution in [2.45, 2.75) is 13.5 Å². The molecule has 3 rings (SSSR count). The summed E-state index contributed by atoms with van der Waals surface area (Å²) in [7, 11) is 0. The number of carbonyl (C=O) groups is 2. The number of carbonyl (C=O) groups excluding carboxylic acids is 2. The molecule has 2 aromatic carbocycles. The molecule has 1 heterocycles. The van der Waals surface area contributed by atoms with Gasteiger partial charge < -0.3 is 9.84 Å². The van der Waals surface area contributed by atoms with Crippen LogP contribution in [0, 0.1) is 10.1 Å². The van der Waals surface area contributed by atoms with Gasteiger partial charge in [-0.1, -0.05) is 18.2 Å². The molecule has 1 N–H and O–H groups in total. The van der Waals surface area contributed by atoms with Crippen LogP contribution in [0.2, 0.25) is 0 Å². The lowest BCUT2D eigenvalue weighted by molar-refractivity contribution is -0.385. The van der Waals surface area contributed by atoms with Gasteiger partial charge in [-0.05, 0) is 58.4 Å². The minimum Gasteiger partial charge on any atom is -0.503 e. The van der Waals surface area contributed by atoms with Gasteiger partial charge in [0.2, 0.25) is 0 Å². The number of aromatic hydroxyl groups is 1. The molecule has 0 bridgehead atoms. The SMILES string of the molecule is CCOc1cc(/C=C2/SC(=O)N(Cc3ccccc3[N+](=O)[O-])C2=O)cc(Br)c1O. The van der Waals surface area contributed by atoms with Crippen molar-refractivity contribution in [2.24, 2.45) is 0 Å². The Bertz CT molecular complexity index is 1040. The molecule has 150 valence electrons. The second-order valence-corrected chi connectivity index (χ2v) is 7.78. The fourth-order valence-corrected chi connectivity index (χ4v) is 4.02. The molecule has 1 saturated heterocycles. The second kappa shape index (κ2) is 8.66. The lowest BCUT2D eigenvalue weighted by Gasteiger charge is -2.12.